The van der Waals surface area contributed by atoms with Gasteiger partial charge in [-0.1, -0.05) is 11.6 Å². The number of benzene rings is 2. The third kappa shape index (κ3) is 5.01. The van der Waals surface area contributed by atoms with Crippen molar-refractivity contribution in [2.45, 2.75) is 26.8 Å². The van der Waals surface area contributed by atoms with Gasteiger partial charge in [-0.3, -0.25) is 29.7 Å². The summed E-state index contributed by atoms with van der Waals surface area (Å²) in [6.45, 7) is 4.75. The van der Waals surface area contributed by atoms with Gasteiger partial charge in [0.05, 0.1) is 21.6 Å². The molecular formula is C20H18ClN5O6. The second kappa shape index (κ2) is 9.02. The molecule has 3 rings (SSSR count). The third-order valence-corrected chi connectivity index (χ3v) is 5.02. The number of aromatic nitrogens is 2. The largest absolute Gasteiger partial charge is 0.457 e. The first-order valence-electron chi connectivity index (χ1n) is 9.29. The van der Waals surface area contributed by atoms with Crippen LogP contribution in [0.5, 0.6) is 11.5 Å². The molecule has 0 saturated heterocycles. The monoisotopic (exact) mass is 459 g/mol. The number of nitrogens with zero attached hydrogens (tertiary/aromatic N) is 4. The van der Waals surface area contributed by atoms with Crippen LogP contribution in [0.3, 0.4) is 0 Å². The summed E-state index contributed by atoms with van der Waals surface area (Å²) in [7, 11) is 0. The van der Waals surface area contributed by atoms with E-state index in [1.165, 1.54) is 32.0 Å². The molecule has 0 saturated carbocycles. The van der Waals surface area contributed by atoms with Crippen LogP contribution in [0.25, 0.3) is 0 Å². The summed E-state index contributed by atoms with van der Waals surface area (Å²) < 4.78 is 6.87. The fourth-order valence-corrected chi connectivity index (χ4v) is 2.97. The van der Waals surface area contributed by atoms with Crippen molar-refractivity contribution in [2.75, 3.05) is 5.32 Å². The minimum atomic E-state index is -0.912. The van der Waals surface area contributed by atoms with E-state index in [9.17, 15) is 25.0 Å². The van der Waals surface area contributed by atoms with Crippen molar-refractivity contribution in [2.24, 2.45) is 0 Å². The third-order valence-electron chi connectivity index (χ3n) is 4.60. The van der Waals surface area contributed by atoms with Crippen molar-refractivity contribution in [3.8, 4) is 11.5 Å². The van der Waals surface area contributed by atoms with Crippen LogP contribution in [-0.4, -0.2) is 25.5 Å². The number of non-ortho nitro benzene ring substituents is 1. The molecule has 0 spiro atoms. The number of halogens is 1. The van der Waals surface area contributed by atoms with E-state index >= 15 is 0 Å². The Bertz CT molecular complexity index is 1230. The number of hydrogen-bond acceptors (Lipinski definition) is 7. The molecule has 0 bridgehead atoms. The van der Waals surface area contributed by atoms with E-state index in [2.05, 4.69) is 10.4 Å². The van der Waals surface area contributed by atoms with Crippen molar-refractivity contribution in [1.29, 1.82) is 0 Å². The lowest BCUT2D eigenvalue weighted by Crippen LogP contribution is -2.24. The highest BCUT2D eigenvalue weighted by Gasteiger charge is 2.23. The predicted octanol–water partition coefficient (Wildman–Crippen LogP) is 4.96. The summed E-state index contributed by atoms with van der Waals surface area (Å²) in [5.41, 5.74) is 0.547. The molecule has 0 radical (unpaired) electrons. The van der Waals surface area contributed by atoms with Gasteiger partial charge in [-0.2, -0.15) is 5.10 Å². The lowest BCUT2D eigenvalue weighted by atomic mass is 10.2. The van der Waals surface area contributed by atoms with Gasteiger partial charge in [-0.05, 0) is 44.5 Å². The summed E-state index contributed by atoms with van der Waals surface area (Å²) in [6, 6.07) is 7.85. The van der Waals surface area contributed by atoms with Gasteiger partial charge >= 0.3 is 5.69 Å². The zero-order valence-corrected chi connectivity index (χ0v) is 18.0. The van der Waals surface area contributed by atoms with Gasteiger partial charge in [-0.25, -0.2) is 0 Å². The minimum Gasteiger partial charge on any atom is -0.457 e. The van der Waals surface area contributed by atoms with E-state index < -0.39 is 21.8 Å². The molecule has 1 amide bonds. The summed E-state index contributed by atoms with van der Waals surface area (Å²) in [6.07, 6.45) is 1.16. The maximum absolute atomic E-state index is 12.7. The normalized spacial score (nSPS) is 11.6. The average molecular weight is 460 g/mol. The van der Waals surface area contributed by atoms with Gasteiger partial charge in [-0.15, -0.1) is 0 Å². The highest BCUT2D eigenvalue weighted by Crippen LogP contribution is 2.31. The zero-order valence-electron chi connectivity index (χ0n) is 17.2. The molecule has 1 heterocycles. The Morgan fingerprint density at radius 3 is 2.44 bits per heavy atom. The summed E-state index contributed by atoms with van der Waals surface area (Å²) in [5.74, 6) is -0.0250. The van der Waals surface area contributed by atoms with Crippen molar-refractivity contribution >= 4 is 34.6 Å². The van der Waals surface area contributed by atoms with E-state index in [0.717, 1.165) is 16.4 Å². The smallest absolute Gasteiger partial charge is 0.309 e. The number of rotatable bonds is 7. The maximum Gasteiger partial charge on any atom is 0.309 e. The second-order valence-electron chi connectivity index (χ2n) is 6.99. The molecule has 32 heavy (non-hydrogen) atoms. The number of nitro benzene ring substituents is 1. The quantitative estimate of drug-likeness (QED) is 0.388. The molecule has 12 heteroatoms. The molecule has 1 atom stereocenters. The number of anilines is 1. The zero-order chi connectivity index (χ0) is 23.6. The van der Waals surface area contributed by atoms with Crippen LogP contribution in [-0.2, 0) is 4.79 Å². The van der Waals surface area contributed by atoms with E-state index in [0.29, 0.717) is 10.8 Å². The number of hydrogen-bond donors (Lipinski definition) is 1. The van der Waals surface area contributed by atoms with Crippen molar-refractivity contribution < 1.29 is 19.4 Å². The molecule has 1 N–H and O–H groups in total. The number of ether oxygens (including phenoxy) is 1. The molecule has 3 aromatic rings. The summed E-state index contributed by atoms with van der Waals surface area (Å²) in [5, 5.41) is 29.5. The SMILES string of the molecule is Cc1cc(Oc2cc(NC(=O)C(C)n3cc([N+](=O)[O-])c(C)n3)cc([N+](=O)[O-])c2)ccc1Cl. The van der Waals surface area contributed by atoms with Gasteiger partial charge in [0.25, 0.3) is 5.69 Å². The lowest BCUT2D eigenvalue weighted by Gasteiger charge is -2.14. The van der Waals surface area contributed by atoms with Crippen LogP contribution < -0.4 is 10.1 Å². The lowest BCUT2D eigenvalue weighted by molar-refractivity contribution is -0.385. The molecule has 0 aliphatic carbocycles. The van der Waals surface area contributed by atoms with Crippen LogP contribution in [0.4, 0.5) is 17.1 Å². The van der Waals surface area contributed by atoms with Crippen LogP contribution in [0.2, 0.25) is 5.02 Å². The molecule has 0 aliphatic rings. The Labute approximate surface area is 186 Å². The van der Waals surface area contributed by atoms with E-state index in [1.54, 1.807) is 25.1 Å². The van der Waals surface area contributed by atoms with Crippen LogP contribution >= 0.6 is 11.6 Å². The van der Waals surface area contributed by atoms with Crippen LogP contribution in [0.1, 0.15) is 24.2 Å². The van der Waals surface area contributed by atoms with Gasteiger partial charge in [0.1, 0.15) is 29.4 Å². The van der Waals surface area contributed by atoms with Gasteiger partial charge in [0, 0.05) is 17.2 Å². The Morgan fingerprint density at radius 2 is 1.84 bits per heavy atom. The fraction of sp³-hybridized carbons (Fsp3) is 0.200. The molecule has 0 aliphatic heterocycles. The Hall–Kier alpha value is -3.99. The van der Waals surface area contributed by atoms with Crippen LogP contribution in [0, 0.1) is 34.1 Å². The van der Waals surface area contributed by atoms with Gasteiger partial charge in [0.15, 0.2) is 0 Å². The van der Waals surface area contributed by atoms with E-state index in [4.69, 9.17) is 16.3 Å². The van der Waals surface area contributed by atoms with Crippen LogP contribution in [0.15, 0.2) is 42.6 Å². The minimum absolute atomic E-state index is 0.120. The van der Waals surface area contributed by atoms with Gasteiger partial charge in [0.2, 0.25) is 5.91 Å². The first kappa shape index (κ1) is 22.7. The number of carbonyl (C=O) groups excluding carboxylic acids is 1. The highest BCUT2D eigenvalue weighted by atomic mass is 35.5. The summed E-state index contributed by atoms with van der Waals surface area (Å²) in [4.78, 5) is 33.8. The number of nitrogens with one attached hydrogen (secondary N) is 1. The molecule has 2 aromatic carbocycles. The van der Waals surface area contributed by atoms with Crippen molar-refractivity contribution in [3.05, 3.63) is 79.1 Å². The van der Waals surface area contributed by atoms with Crippen molar-refractivity contribution in [3.63, 3.8) is 0 Å². The molecule has 166 valence electrons. The predicted molar refractivity (Wildman–Crippen MR) is 116 cm³/mol. The molecular weight excluding hydrogens is 442 g/mol. The second-order valence-corrected chi connectivity index (χ2v) is 7.40. The van der Waals surface area contributed by atoms with E-state index in [1.807, 2.05) is 0 Å². The van der Waals surface area contributed by atoms with E-state index in [-0.39, 0.29) is 28.5 Å². The average Bonchev–Trinajstić information content (AvgIpc) is 3.12. The topological polar surface area (TPSA) is 142 Å². The molecule has 0 fully saturated rings. The maximum atomic E-state index is 12.7. The van der Waals surface area contributed by atoms with Gasteiger partial charge < -0.3 is 10.1 Å². The number of aryl methyl sites for hydroxylation is 2. The Morgan fingerprint density at radius 1 is 1.12 bits per heavy atom. The standard InChI is InChI=1S/C20H18ClN5O6/c1-11-6-16(4-5-18(11)21)32-17-8-14(7-15(9-17)25(28)29)22-20(27)13(3)24-10-19(26(30)31)12(2)23-24/h4-10,13H,1-3H3,(H,22,27). The molecule has 1 unspecified atom stereocenters. The highest BCUT2D eigenvalue weighted by molar-refractivity contribution is 6.31. The number of nitro groups is 2. The Balaban J connectivity index is 1.85. The first-order chi connectivity index (χ1) is 15.0. The Kier molecular flexibility index (Phi) is 6.40. The van der Waals surface area contributed by atoms with Crippen molar-refractivity contribution in [1.82, 2.24) is 9.78 Å². The number of amides is 1. The first-order valence-corrected chi connectivity index (χ1v) is 9.67. The summed E-state index contributed by atoms with van der Waals surface area (Å²) >= 11 is 6.00. The molecule has 11 nitrogen and oxygen atoms in total. The number of carbonyl (C=O) groups is 1. The molecule has 1 aromatic heterocycles. The fourth-order valence-electron chi connectivity index (χ4n) is 2.85.